The first-order chi connectivity index (χ1) is 13.2. The Hall–Kier alpha value is -2.87. The number of thioether (sulfide) groups is 1. The van der Waals surface area contributed by atoms with Crippen LogP contribution in [0.15, 0.2) is 58.7 Å². The van der Waals surface area contributed by atoms with Crippen molar-refractivity contribution in [3.63, 3.8) is 0 Å². The van der Waals surface area contributed by atoms with Crippen molar-refractivity contribution < 1.29 is 13.9 Å². The fraction of sp³-hybridized carbons (Fsp3) is 0.250. The standard InChI is InChI=1S/C20H23FN4O2S/c1-20(2,3)27-19(26)24-17-10-9-16(21)11-15(17)12-23-25-18(22)28-13-14-7-5-4-6-8-14/h4-12H,13H2,1-3H3,(H2,22,25)(H,24,26). The van der Waals surface area contributed by atoms with Gasteiger partial charge in [-0.1, -0.05) is 42.1 Å². The summed E-state index contributed by atoms with van der Waals surface area (Å²) in [6.45, 7) is 5.26. The Kier molecular flexibility index (Phi) is 7.57. The first-order valence-electron chi connectivity index (χ1n) is 8.56. The van der Waals surface area contributed by atoms with Gasteiger partial charge >= 0.3 is 6.09 Å². The Balaban J connectivity index is 2.03. The molecule has 0 unspecified atom stereocenters. The molecule has 6 nitrogen and oxygen atoms in total. The zero-order chi connectivity index (χ0) is 20.6. The molecule has 0 radical (unpaired) electrons. The van der Waals surface area contributed by atoms with Crippen LogP contribution in [0.5, 0.6) is 0 Å². The van der Waals surface area contributed by atoms with Crippen molar-refractivity contribution in [3.05, 3.63) is 65.5 Å². The molecule has 28 heavy (non-hydrogen) atoms. The topological polar surface area (TPSA) is 89.1 Å². The van der Waals surface area contributed by atoms with Gasteiger partial charge in [-0.15, -0.1) is 5.10 Å². The third-order valence-corrected chi connectivity index (χ3v) is 4.09. The van der Waals surface area contributed by atoms with Crippen LogP contribution in [0, 0.1) is 5.82 Å². The van der Waals surface area contributed by atoms with Crippen LogP contribution in [0.2, 0.25) is 0 Å². The molecule has 0 fully saturated rings. The maximum atomic E-state index is 13.6. The molecule has 148 valence electrons. The van der Waals surface area contributed by atoms with Gasteiger partial charge < -0.3 is 10.5 Å². The molecular weight excluding hydrogens is 379 g/mol. The normalized spacial score (nSPS) is 12.2. The number of hydrogen-bond acceptors (Lipinski definition) is 5. The van der Waals surface area contributed by atoms with Crippen LogP contribution in [0.25, 0.3) is 0 Å². The number of amides is 1. The molecular formula is C20H23FN4O2S. The summed E-state index contributed by atoms with van der Waals surface area (Å²) < 4.78 is 18.8. The Morgan fingerprint density at radius 2 is 1.96 bits per heavy atom. The molecule has 1 amide bonds. The van der Waals surface area contributed by atoms with E-state index >= 15 is 0 Å². The Bertz CT molecular complexity index is 864. The monoisotopic (exact) mass is 402 g/mol. The summed E-state index contributed by atoms with van der Waals surface area (Å²) in [6.07, 6.45) is 0.682. The van der Waals surface area contributed by atoms with Crippen molar-refractivity contribution in [2.75, 3.05) is 5.32 Å². The summed E-state index contributed by atoms with van der Waals surface area (Å²) >= 11 is 1.34. The largest absolute Gasteiger partial charge is 0.444 e. The van der Waals surface area contributed by atoms with Gasteiger partial charge in [0.15, 0.2) is 5.17 Å². The quantitative estimate of drug-likeness (QED) is 0.429. The predicted molar refractivity (Wildman–Crippen MR) is 113 cm³/mol. The number of rotatable bonds is 5. The number of nitrogens with zero attached hydrogens (tertiary/aromatic N) is 2. The molecule has 0 aromatic heterocycles. The number of hydrogen-bond donors (Lipinski definition) is 2. The Morgan fingerprint density at radius 1 is 1.25 bits per heavy atom. The number of anilines is 1. The summed E-state index contributed by atoms with van der Waals surface area (Å²) in [6, 6.07) is 13.7. The number of carbonyl (C=O) groups excluding carboxylic acids is 1. The van der Waals surface area contributed by atoms with Crippen molar-refractivity contribution in [2.45, 2.75) is 32.1 Å². The lowest BCUT2D eigenvalue weighted by Gasteiger charge is -2.20. The van der Waals surface area contributed by atoms with Crippen LogP contribution in [0.1, 0.15) is 31.9 Å². The highest BCUT2D eigenvalue weighted by Gasteiger charge is 2.17. The van der Waals surface area contributed by atoms with Crippen LogP contribution in [-0.4, -0.2) is 23.1 Å². The van der Waals surface area contributed by atoms with E-state index in [9.17, 15) is 9.18 Å². The molecule has 0 aliphatic rings. The average Bonchev–Trinajstić information content (AvgIpc) is 2.61. The second-order valence-corrected chi connectivity index (χ2v) is 7.81. The van der Waals surface area contributed by atoms with Crippen LogP contribution >= 0.6 is 11.8 Å². The van der Waals surface area contributed by atoms with E-state index in [0.29, 0.717) is 17.0 Å². The van der Waals surface area contributed by atoms with Crippen molar-refractivity contribution in [1.29, 1.82) is 0 Å². The lowest BCUT2D eigenvalue weighted by molar-refractivity contribution is 0.0636. The van der Waals surface area contributed by atoms with Crippen molar-refractivity contribution in [3.8, 4) is 0 Å². The maximum absolute atomic E-state index is 13.6. The van der Waals surface area contributed by atoms with E-state index in [0.717, 1.165) is 5.56 Å². The van der Waals surface area contributed by atoms with Gasteiger partial charge in [-0.3, -0.25) is 5.32 Å². The van der Waals surface area contributed by atoms with Gasteiger partial charge in [0.2, 0.25) is 0 Å². The number of ether oxygens (including phenoxy) is 1. The number of carbonyl (C=O) groups is 1. The lowest BCUT2D eigenvalue weighted by atomic mass is 10.2. The fourth-order valence-electron chi connectivity index (χ4n) is 2.08. The van der Waals surface area contributed by atoms with Gasteiger partial charge in [-0.05, 0) is 44.5 Å². The minimum atomic E-state index is -0.646. The zero-order valence-corrected chi connectivity index (χ0v) is 16.8. The molecule has 0 aliphatic heterocycles. The first kappa shape index (κ1) is 21.4. The van der Waals surface area contributed by atoms with Crippen LogP contribution in [0.4, 0.5) is 14.9 Å². The molecule has 0 saturated heterocycles. The third-order valence-electron chi connectivity index (χ3n) is 3.23. The molecule has 0 spiro atoms. The molecule has 0 saturated carbocycles. The van der Waals surface area contributed by atoms with Crippen molar-refractivity contribution in [1.82, 2.24) is 0 Å². The Labute approximate surface area is 168 Å². The van der Waals surface area contributed by atoms with Crippen LogP contribution in [-0.2, 0) is 10.5 Å². The molecule has 2 aromatic carbocycles. The van der Waals surface area contributed by atoms with Gasteiger partial charge in [-0.25, -0.2) is 9.18 Å². The molecule has 0 heterocycles. The van der Waals surface area contributed by atoms with E-state index in [4.69, 9.17) is 10.5 Å². The van der Waals surface area contributed by atoms with E-state index < -0.39 is 17.5 Å². The van der Waals surface area contributed by atoms with Crippen LogP contribution in [0.3, 0.4) is 0 Å². The highest BCUT2D eigenvalue weighted by atomic mass is 32.2. The van der Waals surface area contributed by atoms with Crippen molar-refractivity contribution >= 4 is 34.9 Å². The number of nitrogens with two attached hydrogens (primary N) is 1. The number of nitrogens with one attached hydrogen (secondary N) is 1. The highest BCUT2D eigenvalue weighted by Crippen LogP contribution is 2.17. The molecule has 0 bridgehead atoms. The van der Waals surface area contributed by atoms with Gasteiger partial charge in [0.05, 0.1) is 11.9 Å². The number of amidine groups is 1. The minimum Gasteiger partial charge on any atom is -0.444 e. The SMILES string of the molecule is CC(C)(C)OC(=O)Nc1ccc(F)cc1C=NN=C(N)SCc1ccccc1. The Morgan fingerprint density at radius 3 is 2.64 bits per heavy atom. The molecule has 0 aliphatic carbocycles. The number of halogens is 1. The summed E-state index contributed by atoms with van der Waals surface area (Å²) in [7, 11) is 0. The average molecular weight is 402 g/mol. The van der Waals surface area contributed by atoms with E-state index in [-0.39, 0.29) is 5.17 Å². The lowest BCUT2D eigenvalue weighted by Crippen LogP contribution is -2.27. The summed E-state index contributed by atoms with van der Waals surface area (Å²) in [4.78, 5) is 11.9. The summed E-state index contributed by atoms with van der Waals surface area (Å²) in [5.74, 6) is 0.198. The molecule has 0 atom stereocenters. The third kappa shape index (κ3) is 7.79. The summed E-state index contributed by atoms with van der Waals surface area (Å²) in [5.41, 5.74) is 7.00. The summed E-state index contributed by atoms with van der Waals surface area (Å²) in [5, 5.41) is 10.7. The molecule has 3 N–H and O–H groups in total. The van der Waals surface area contributed by atoms with Gasteiger partial charge in [0.1, 0.15) is 11.4 Å². The van der Waals surface area contributed by atoms with E-state index in [2.05, 4.69) is 15.5 Å². The van der Waals surface area contributed by atoms with Crippen molar-refractivity contribution in [2.24, 2.45) is 15.9 Å². The zero-order valence-electron chi connectivity index (χ0n) is 16.0. The first-order valence-corrected chi connectivity index (χ1v) is 9.54. The highest BCUT2D eigenvalue weighted by molar-refractivity contribution is 8.13. The molecule has 2 rings (SSSR count). The van der Waals surface area contributed by atoms with E-state index in [1.54, 1.807) is 20.8 Å². The smallest absolute Gasteiger partial charge is 0.412 e. The van der Waals surface area contributed by atoms with Gasteiger partial charge in [-0.2, -0.15) is 5.10 Å². The second-order valence-electron chi connectivity index (χ2n) is 6.82. The molecule has 2 aromatic rings. The van der Waals surface area contributed by atoms with E-state index in [1.165, 1.54) is 36.2 Å². The minimum absolute atomic E-state index is 0.276. The fourth-order valence-corrected chi connectivity index (χ4v) is 2.69. The van der Waals surface area contributed by atoms with Gasteiger partial charge in [0.25, 0.3) is 0 Å². The van der Waals surface area contributed by atoms with E-state index in [1.807, 2.05) is 30.3 Å². The second kappa shape index (κ2) is 9.89. The predicted octanol–water partition coefficient (Wildman–Crippen LogP) is 4.75. The van der Waals surface area contributed by atoms with Gasteiger partial charge in [0, 0.05) is 11.3 Å². The molecule has 8 heteroatoms. The number of benzene rings is 2. The van der Waals surface area contributed by atoms with Crippen LogP contribution < -0.4 is 11.1 Å². The maximum Gasteiger partial charge on any atom is 0.412 e.